The summed E-state index contributed by atoms with van der Waals surface area (Å²) >= 11 is 0. The molecule has 1 saturated heterocycles. The summed E-state index contributed by atoms with van der Waals surface area (Å²) in [5.41, 5.74) is 2.49. The maximum absolute atomic E-state index is 13.7. The van der Waals surface area contributed by atoms with Crippen LogP contribution in [0, 0.1) is 17.7 Å². The van der Waals surface area contributed by atoms with Crippen LogP contribution in [0.25, 0.3) is 0 Å². The van der Waals surface area contributed by atoms with Crippen LogP contribution in [0.5, 0.6) is 11.5 Å². The Kier molecular flexibility index (Phi) is 12.5. The predicted octanol–water partition coefficient (Wildman–Crippen LogP) is 7.09. The molecule has 1 saturated carbocycles. The lowest BCUT2D eigenvalue weighted by atomic mass is 9.88. The van der Waals surface area contributed by atoms with Gasteiger partial charge in [-0.05, 0) is 111 Å². The van der Waals surface area contributed by atoms with E-state index < -0.39 is 0 Å². The summed E-state index contributed by atoms with van der Waals surface area (Å²) in [6, 6.07) is 13.6. The monoisotopic (exact) mass is 539 g/mol. The Morgan fingerprint density at radius 3 is 2.44 bits per heavy atom. The number of rotatable bonds is 10. The van der Waals surface area contributed by atoms with E-state index in [4.69, 9.17) is 9.47 Å². The van der Waals surface area contributed by atoms with Crippen molar-refractivity contribution in [2.75, 3.05) is 26.8 Å². The van der Waals surface area contributed by atoms with Crippen LogP contribution in [0.3, 0.4) is 0 Å². The van der Waals surface area contributed by atoms with Gasteiger partial charge in [0.1, 0.15) is 12.4 Å². The molecule has 3 atom stereocenters. The van der Waals surface area contributed by atoms with Crippen LogP contribution in [0.1, 0.15) is 74.8 Å². The molecule has 0 aromatic heterocycles. The number of halogens is 3. The fraction of sp³-hybridized carbons (Fsp3) is 0.552. The molecule has 2 fully saturated rings. The summed E-state index contributed by atoms with van der Waals surface area (Å²) in [4.78, 5) is 12.3. The zero-order valence-electron chi connectivity index (χ0n) is 21.3. The number of hydrogen-bond acceptors (Lipinski definition) is 4. The lowest BCUT2D eigenvalue weighted by Gasteiger charge is -2.21. The molecule has 1 aliphatic heterocycles. The lowest BCUT2D eigenvalue weighted by molar-refractivity contribution is -0.122. The highest BCUT2D eigenvalue weighted by atomic mass is 35.5. The highest BCUT2D eigenvalue weighted by Gasteiger charge is 2.27. The molecular weight excluding hydrogens is 500 g/mol. The van der Waals surface area contributed by atoms with E-state index in [9.17, 15) is 9.18 Å². The van der Waals surface area contributed by atoms with Crippen molar-refractivity contribution in [1.82, 2.24) is 5.32 Å². The molecule has 0 bridgehead atoms. The van der Waals surface area contributed by atoms with E-state index in [1.807, 2.05) is 24.3 Å². The van der Waals surface area contributed by atoms with Crippen LogP contribution in [0.4, 0.5) is 4.39 Å². The Morgan fingerprint density at radius 2 is 1.75 bits per heavy atom. The second-order valence-electron chi connectivity index (χ2n) is 10.2. The molecule has 2 aromatic rings. The first kappa shape index (κ1) is 30.4. The van der Waals surface area contributed by atoms with E-state index in [-0.39, 0.29) is 43.0 Å². The zero-order valence-corrected chi connectivity index (χ0v) is 23.0. The largest absolute Gasteiger partial charge is 0.494 e. The van der Waals surface area contributed by atoms with E-state index in [2.05, 4.69) is 24.4 Å². The van der Waals surface area contributed by atoms with E-state index >= 15 is 0 Å². The average Bonchev–Trinajstić information content (AvgIpc) is 3.32. The van der Waals surface area contributed by atoms with E-state index in [0.29, 0.717) is 35.8 Å². The normalized spacial score (nSPS) is 20.6. The van der Waals surface area contributed by atoms with Crippen molar-refractivity contribution in [1.29, 1.82) is 0 Å². The second-order valence-corrected chi connectivity index (χ2v) is 10.2. The smallest absolute Gasteiger partial charge is 0.170 e. The number of ether oxygens (including phenoxy) is 2. The van der Waals surface area contributed by atoms with Crippen molar-refractivity contribution in [3.8, 4) is 11.5 Å². The number of nitrogens with one attached hydrogen (secondary N) is 1. The van der Waals surface area contributed by atoms with Crippen molar-refractivity contribution < 1.29 is 18.7 Å². The quantitative estimate of drug-likeness (QED) is 0.350. The Bertz CT molecular complexity index is 950. The third-order valence-electron chi connectivity index (χ3n) is 7.70. The molecule has 0 radical (unpaired) electrons. The predicted molar refractivity (Wildman–Crippen MR) is 148 cm³/mol. The minimum absolute atomic E-state index is 0. The van der Waals surface area contributed by atoms with E-state index in [1.54, 1.807) is 0 Å². The summed E-state index contributed by atoms with van der Waals surface area (Å²) in [7, 11) is 1.51. The van der Waals surface area contributed by atoms with Crippen LogP contribution < -0.4 is 14.8 Å². The molecule has 1 heterocycles. The van der Waals surface area contributed by atoms with E-state index in [0.717, 1.165) is 43.7 Å². The molecule has 4 nitrogen and oxygen atoms in total. The van der Waals surface area contributed by atoms with Crippen molar-refractivity contribution in [2.24, 2.45) is 11.8 Å². The molecule has 0 amide bonds. The molecule has 2 aliphatic rings. The average molecular weight is 541 g/mol. The SMILES string of the molecule is COc1cc([C@@H](C)C[C@H]2CC[C@@H](c3ccc(OCC(=O)CC4CCNCC4)cc3)C2)ccc1F.Cl.Cl. The van der Waals surface area contributed by atoms with Gasteiger partial charge < -0.3 is 14.8 Å². The van der Waals surface area contributed by atoms with Gasteiger partial charge in [0, 0.05) is 6.42 Å². The standard InChI is InChI=1S/C29H38FNO3.2ClH/c1-20(24-7-10-28(30)29(18-24)33-2)15-22-3-4-25(16-22)23-5-8-27(9-6-23)34-19-26(32)17-21-11-13-31-14-12-21;;/h5-10,18,20-22,25,31H,3-4,11-17,19H2,1-2H3;2*1H/t20-,22+,25+;;/m0../s1. The van der Waals surface area contributed by atoms with Crippen LogP contribution in [-0.4, -0.2) is 32.6 Å². The third kappa shape index (κ3) is 8.36. The van der Waals surface area contributed by atoms with Gasteiger partial charge in [-0.1, -0.05) is 25.1 Å². The maximum atomic E-state index is 13.7. The molecule has 200 valence electrons. The van der Waals surface area contributed by atoms with Crippen molar-refractivity contribution >= 4 is 30.6 Å². The number of hydrogen-bond donors (Lipinski definition) is 1. The van der Waals surface area contributed by atoms with Gasteiger partial charge in [0.2, 0.25) is 0 Å². The first-order chi connectivity index (χ1) is 16.5. The van der Waals surface area contributed by atoms with Gasteiger partial charge in [-0.25, -0.2) is 4.39 Å². The minimum atomic E-state index is -0.307. The van der Waals surface area contributed by atoms with Crippen LogP contribution in [-0.2, 0) is 4.79 Å². The summed E-state index contributed by atoms with van der Waals surface area (Å²) in [6.45, 7) is 4.42. The first-order valence-corrected chi connectivity index (χ1v) is 12.8. The lowest BCUT2D eigenvalue weighted by Crippen LogP contribution is -2.29. The fourth-order valence-corrected chi connectivity index (χ4v) is 5.68. The summed E-state index contributed by atoms with van der Waals surface area (Å²) < 4.78 is 24.7. The van der Waals surface area contributed by atoms with Gasteiger partial charge in [-0.2, -0.15) is 0 Å². The van der Waals surface area contributed by atoms with Crippen LogP contribution >= 0.6 is 24.8 Å². The summed E-state index contributed by atoms with van der Waals surface area (Å²) in [5.74, 6) is 3.09. The molecule has 7 heteroatoms. The van der Waals surface area contributed by atoms with E-state index in [1.165, 1.54) is 38.0 Å². The van der Waals surface area contributed by atoms with Crippen molar-refractivity contribution in [2.45, 2.75) is 63.7 Å². The molecule has 4 rings (SSSR count). The van der Waals surface area contributed by atoms with Gasteiger partial charge >= 0.3 is 0 Å². The Balaban J connectivity index is 0.00000228. The third-order valence-corrected chi connectivity index (χ3v) is 7.70. The number of carbonyl (C=O) groups is 1. The van der Waals surface area contributed by atoms with Gasteiger partial charge in [-0.3, -0.25) is 4.79 Å². The molecule has 36 heavy (non-hydrogen) atoms. The second kappa shape index (κ2) is 14.8. The topological polar surface area (TPSA) is 47.6 Å². The highest BCUT2D eigenvalue weighted by Crippen LogP contribution is 2.43. The Morgan fingerprint density at radius 1 is 1.03 bits per heavy atom. The number of benzene rings is 2. The molecule has 1 N–H and O–H groups in total. The van der Waals surface area contributed by atoms with Gasteiger partial charge in [-0.15, -0.1) is 24.8 Å². The summed E-state index contributed by atoms with van der Waals surface area (Å²) in [5, 5.41) is 3.34. The maximum Gasteiger partial charge on any atom is 0.170 e. The number of carbonyl (C=O) groups excluding carboxylic acids is 1. The molecule has 2 aromatic carbocycles. The number of piperidine rings is 1. The molecular formula is C29H40Cl2FNO3. The zero-order chi connectivity index (χ0) is 23.9. The highest BCUT2D eigenvalue weighted by molar-refractivity contribution is 5.85. The molecule has 1 aliphatic carbocycles. The van der Waals surface area contributed by atoms with Crippen LogP contribution in [0.2, 0.25) is 0 Å². The number of Topliss-reactive ketones (excluding diaryl/α,β-unsaturated/α-hetero) is 1. The summed E-state index contributed by atoms with van der Waals surface area (Å²) in [6.07, 6.45) is 7.49. The molecule has 0 unspecified atom stereocenters. The fourth-order valence-electron chi connectivity index (χ4n) is 5.68. The number of methoxy groups -OCH3 is 1. The van der Waals surface area contributed by atoms with Crippen molar-refractivity contribution in [3.05, 3.63) is 59.4 Å². The van der Waals surface area contributed by atoms with Gasteiger partial charge in [0.15, 0.2) is 17.3 Å². The van der Waals surface area contributed by atoms with Crippen LogP contribution in [0.15, 0.2) is 42.5 Å². The van der Waals surface area contributed by atoms with Gasteiger partial charge in [0.05, 0.1) is 7.11 Å². The molecule has 0 spiro atoms. The van der Waals surface area contributed by atoms with Gasteiger partial charge in [0.25, 0.3) is 0 Å². The Hall–Kier alpha value is -1.82. The number of ketones is 1. The van der Waals surface area contributed by atoms with Crippen molar-refractivity contribution in [3.63, 3.8) is 0 Å². The first-order valence-electron chi connectivity index (χ1n) is 12.8. The Labute approximate surface area is 227 Å². The minimum Gasteiger partial charge on any atom is -0.494 e.